The number of ether oxygens (including phenoxy) is 1. The number of hydrogen-bond donors (Lipinski definition) is 0. The van der Waals surface area contributed by atoms with Crippen molar-refractivity contribution in [3.8, 4) is 16.9 Å². The van der Waals surface area contributed by atoms with E-state index >= 15 is 0 Å². The van der Waals surface area contributed by atoms with Crippen LogP contribution in [0.4, 0.5) is 0 Å². The van der Waals surface area contributed by atoms with Gasteiger partial charge in [-0.25, -0.2) is 0 Å². The van der Waals surface area contributed by atoms with Crippen LogP contribution in [-0.2, 0) is 0 Å². The molecule has 0 aliphatic heterocycles. The molecule has 0 aromatic heterocycles. The summed E-state index contributed by atoms with van der Waals surface area (Å²) in [5.41, 5.74) is 6.93. The molecule has 1 heteroatoms. The Balaban J connectivity index is 0.000000701. The van der Waals surface area contributed by atoms with Gasteiger partial charge in [0.15, 0.2) is 0 Å². The SMILES string of the molecule is CCC.COc1cccc(-c2ccc(C)cc2C2=CCCC2(C)C)c1. The van der Waals surface area contributed by atoms with Crippen LogP contribution in [0, 0.1) is 12.3 Å². The molecule has 1 aliphatic carbocycles. The van der Waals surface area contributed by atoms with Crippen molar-refractivity contribution in [2.75, 3.05) is 7.11 Å². The Kier molecular flexibility index (Phi) is 6.47. The third-order valence-electron chi connectivity index (χ3n) is 4.69. The van der Waals surface area contributed by atoms with Crippen LogP contribution in [-0.4, -0.2) is 7.11 Å². The Bertz CT molecular complexity index is 738. The van der Waals surface area contributed by atoms with Crippen molar-refractivity contribution >= 4 is 5.57 Å². The Morgan fingerprint density at radius 1 is 1.00 bits per heavy atom. The molecule has 0 saturated carbocycles. The normalized spacial score (nSPS) is 15.2. The fraction of sp³-hybridized carbons (Fsp3) is 0.417. The Morgan fingerprint density at radius 3 is 2.32 bits per heavy atom. The molecule has 134 valence electrons. The van der Waals surface area contributed by atoms with E-state index in [9.17, 15) is 0 Å². The van der Waals surface area contributed by atoms with Crippen molar-refractivity contribution in [3.05, 3.63) is 59.7 Å². The zero-order valence-electron chi connectivity index (χ0n) is 16.6. The molecule has 3 rings (SSSR count). The van der Waals surface area contributed by atoms with Crippen LogP contribution in [0.25, 0.3) is 16.7 Å². The van der Waals surface area contributed by atoms with E-state index in [0.717, 1.165) is 5.75 Å². The van der Waals surface area contributed by atoms with Gasteiger partial charge in [-0.2, -0.15) is 0 Å². The topological polar surface area (TPSA) is 9.23 Å². The van der Waals surface area contributed by atoms with Gasteiger partial charge in [-0.3, -0.25) is 0 Å². The van der Waals surface area contributed by atoms with Crippen molar-refractivity contribution in [1.29, 1.82) is 0 Å². The first-order valence-corrected chi connectivity index (χ1v) is 9.39. The van der Waals surface area contributed by atoms with Crippen LogP contribution >= 0.6 is 0 Å². The second kappa shape index (κ2) is 8.38. The summed E-state index contributed by atoms with van der Waals surface area (Å²) >= 11 is 0. The van der Waals surface area contributed by atoms with Gasteiger partial charge in [0, 0.05) is 0 Å². The lowest BCUT2D eigenvalue weighted by atomic mass is 9.79. The van der Waals surface area contributed by atoms with Gasteiger partial charge in [-0.15, -0.1) is 0 Å². The molecule has 0 fully saturated rings. The molecule has 2 aromatic rings. The van der Waals surface area contributed by atoms with Crippen LogP contribution in [0.1, 0.15) is 58.1 Å². The summed E-state index contributed by atoms with van der Waals surface area (Å²) in [7, 11) is 1.72. The zero-order chi connectivity index (χ0) is 18.4. The highest BCUT2D eigenvalue weighted by atomic mass is 16.5. The summed E-state index contributed by atoms with van der Waals surface area (Å²) in [6.45, 7) is 11.1. The molecule has 25 heavy (non-hydrogen) atoms. The second-order valence-electron chi connectivity index (χ2n) is 7.53. The third-order valence-corrected chi connectivity index (χ3v) is 4.69. The van der Waals surface area contributed by atoms with E-state index in [0.29, 0.717) is 0 Å². The zero-order valence-corrected chi connectivity index (χ0v) is 16.6. The molecule has 0 unspecified atom stereocenters. The van der Waals surface area contributed by atoms with Crippen LogP contribution in [0.2, 0.25) is 0 Å². The second-order valence-corrected chi connectivity index (χ2v) is 7.53. The van der Waals surface area contributed by atoms with Gasteiger partial charge in [-0.05, 0) is 59.6 Å². The van der Waals surface area contributed by atoms with Crippen molar-refractivity contribution in [3.63, 3.8) is 0 Å². The predicted octanol–water partition coefficient (Wildman–Crippen LogP) is 7.29. The summed E-state index contributed by atoms with van der Waals surface area (Å²) in [6, 6.07) is 15.1. The Morgan fingerprint density at radius 2 is 1.72 bits per heavy atom. The molecule has 0 heterocycles. The lowest BCUT2D eigenvalue weighted by molar-refractivity contribution is 0.415. The fourth-order valence-corrected chi connectivity index (χ4v) is 3.39. The first-order valence-electron chi connectivity index (χ1n) is 9.39. The molecular weight excluding hydrogens is 304 g/mol. The number of allylic oxidation sites excluding steroid dienone is 2. The maximum Gasteiger partial charge on any atom is 0.119 e. The minimum Gasteiger partial charge on any atom is -0.497 e. The molecule has 1 nitrogen and oxygen atoms in total. The smallest absolute Gasteiger partial charge is 0.119 e. The quantitative estimate of drug-likeness (QED) is 0.571. The number of methoxy groups -OCH3 is 1. The van der Waals surface area contributed by atoms with E-state index in [-0.39, 0.29) is 5.41 Å². The standard InChI is InChI=1S/C21H24O.C3H8/c1-15-10-11-18(16-7-5-8-17(14-16)22-4)19(13-15)20-9-6-12-21(20,2)3;1-3-2/h5,7-11,13-14H,6,12H2,1-4H3;3H2,1-2H3. The minimum atomic E-state index is 0.251. The molecule has 0 bridgehead atoms. The number of rotatable bonds is 3. The monoisotopic (exact) mass is 336 g/mol. The third kappa shape index (κ3) is 4.54. The molecule has 0 atom stereocenters. The molecule has 0 spiro atoms. The van der Waals surface area contributed by atoms with Gasteiger partial charge < -0.3 is 4.74 Å². The first-order chi connectivity index (χ1) is 11.9. The van der Waals surface area contributed by atoms with Crippen molar-refractivity contribution in [1.82, 2.24) is 0 Å². The van der Waals surface area contributed by atoms with Crippen LogP contribution in [0.3, 0.4) is 0 Å². The summed E-state index contributed by atoms with van der Waals surface area (Å²) in [5.74, 6) is 0.906. The van der Waals surface area contributed by atoms with Gasteiger partial charge >= 0.3 is 0 Å². The summed E-state index contributed by atoms with van der Waals surface area (Å²) in [4.78, 5) is 0. The van der Waals surface area contributed by atoms with Crippen LogP contribution < -0.4 is 4.74 Å². The van der Waals surface area contributed by atoms with E-state index in [1.54, 1.807) is 7.11 Å². The maximum atomic E-state index is 5.39. The molecule has 0 saturated heterocycles. The molecule has 2 aromatic carbocycles. The van der Waals surface area contributed by atoms with Gasteiger partial charge in [0.25, 0.3) is 0 Å². The van der Waals surface area contributed by atoms with Crippen LogP contribution in [0.15, 0.2) is 48.5 Å². The average molecular weight is 337 g/mol. The van der Waals surface area contributed by atoms with Gasteiger partial charge in [0.2, 0.25) is 0 Å². The van der Waals surface area contributed by atoms with E-state index in [2.05, 4.69) is 77.1 Å². The molecule has 0 radical (unpaired) electrons. The van der Waals surface area contributed by atoms with Gasteiger partial charge in [0.05, 0.1) is 7.11 Å². The average Bonchev–Trinajstić information content (AvgIpc) is 2.94. The molecule has 1 aliphatic rings. The highest BCUT2D eigenvalue weighted by Crippen LogP contribution is 2.47. The molecule has 0 amide bonds. The number of aryl methyl sites for hydroxylation is 1. The summed E-state index contributed by atoms with van der Waals surface area (Å²) < 4.78 is 5.39. The van der Waals surface area contributed by atoms with E-state index in [4.69, 9.17) is 4.74 Å². The largest absolute Gasteiger partial charge is 0.497 e. The minimum absolute atomic E-state index is 0.251. The lowest BCUT2D eigenvalue weighted by Gasteiger charge is -2.25. The molecule has 0 N–H and O–H groups in total. The first kappa shape index (κ1) is 19.3. The Labute approximate surface area is 153 Å². The molecular formula is C24H32O. The van der Waals surface area contributed by atoms with Crippen molar-refractivity contribution in [2.24, 2.45) is 5.41 Å². The highest BCUT2D eigenvalue weighted by molar-refractivity contribution is 5.84. The lowest BCUT2D eigenvalue weighted by Crippen LogP contribution is -2.09. The number of benzene rings is 2. The van der Waals surface area contributed by atoms with Crippen molar-refractivity contribution < 1.29 is 4.74 Å². The van der Waals surface area contributed by atoms with Crippen molar-refractivity contribution in [2.45, 2.75) is 53.9 Å². The predicted molar refractivity (Wildman–Crippen MR) is 110 cm³/mol. The van der Waals surface area contributed by atoms with E-state index in [1.165, 1.54) is 47.1 Å². The maximum absolute atomic E-state index is 5.39. The van der Waals surface area contributed by atoms with Crippen LogP contribution in [0.5, 0.6) is 5.75 Å². The summed E-state index contributed by atoms with van der Waals surface area (Å²) in [6.07, 6.45) is 6.07. The van der Waals surface area contributed by atoms with Gasteiger partial charge in [0.1, 0.15) is 5.75 Å². The number of hydrogen-bond acceptors (Lipinski definition) is 1. The Hall–Kier alpha value is -2.02. The van der Waals surface area contributed by atoms with E-state index < -0.39 is 0 Å². The van der Waals surface area contributed by atoms with Gasteiger partial charge in [-0.1, -0.05) is 76.1 Å². The summed E-state index contributed by atoms with van der Waals surface area (Å²) in [5, 5.41) is 0. The van der Waals surface area contributed by atoms with E-state index in [1.807, 2.05) is 6.07 Å². The fourth-order valence-electron chi connectivity index (χ4n) is 3.39. The highest BCUT2D eigenvalue weighted by Gasteiger charge is 2.29.